The van der Waals surface area contributed by atoms with Crippen molar-refractivity contribution in [3.8, 4) is 0 Å². The average Bonchev–Trinajstić information content (AvgIpc) is 2.60. The first kappa shape index (κ1) is 17.1. The molecule has 0 spiro atoms. The molecule has 132 valence electrons. The summed E-state index contributed by atoms with van der Waals surface area (Å²) in [5.74, 6) is 0. The molecule has 1 saturated carbocycles. The number of alkyl carbamates (subject to hydrolysis) is 1. The maximum absolute atomic E-state index is 11.8. The molecule has 6 nitrogen and oxygen atoms in total. The van der Waals surface area contributed by atoms with Crippen LogP contribution in [0.25, 0.3) is 0 Å². The van der Waals surface area contributed by atoms with E-state index in [2.05, 4.69) is 10.6 Å². The molecule has 1 fully saturated rings. The van der Waals surface area contributed by atoms with Crippen molar-refractivity contribution < 1.29 is 9.53 Å². The molecule has 1 heterocycles. The van der Waals surface area contributed by atoms with E-state index in [4.69, 9.17) is 4.74 Å². The number of rotatable bonds is 6. The van der Waals surface area contributed by atoms with Gasteiger partial charge in [-0.3, -0.25) is 4.79 Å². The fourth-order valence-electron chi connectivity index (χ4n) is 2.88. The third-order valence-corrected chi connectivity index (χ3v) is 4.37. The number of pyridine rings is 1. The third kappa shape index (κ3) is 4.62. The number of benzene rings is 1. The van der Waals surface area contributed by atoms with Crippen LogP contribution in [0.3, 0.4) is 0 Å². The number of anilines is 1. The molecule has 1 aromatic heterocycles. The zero-order valence-corrected chi connectivity index (χ0v) is 14.3. The summed E-state index contributed by atoms with van der Waals surface area (Å²) < 4.78 is 6.89. The van der Waals surface area contributed by atoms with Crippen LogP contribution in [0.15, 0.2) is 53.5 Å². The van der Waals surface area contributed by atoms with Gasteiger partial charge in [0.05, 0.1) is 5.69 Å². The minimum absolute atomic E-state index is 0.00219. The Hall–Kier alpha value is -2.76. The number of hydrogen-bond donors (Lipinski definition) is 2. The molecule has 0 aliphatic heterocycles. The van der Waals surface area contributed by atoms with E-state index in [1.165, 1.54) is 0 Å². The van der Waals surface area contributed by atoms with Crippen molar-refractivity contribution in [3.05, 3.63) is 64.6 Å². The molecule has 1 aliphatic carbocycles. The van der Waals surface area contributed by atoms with Gasteiger partial charge in [-0.05, 0) is 31.4 Å². The normalized spacial score (nSPS) is 18.9. The monoisotopic (exact) mass is 341 g/mol. The zero-order valence-electron chi connectivity index (χ0n) is 14.3. The third-order valence-electron chi connectivity index (χ3n) is 4.37. The van der Waals surface area contributed by atoms with Crippen LogP contribution in [0.2, 0.25) is 0 Å². The van der Waals surface area contributed by atoms with Crippen LogP contribution in [0.5, 0.6) is 0 Å². The second kappa shape index (κ2) is 7.88. The van der Waals surface area contributed by atoms with Gasteiger partial charge in [-0.1, -0.05) is 30.3 Å². The lowest BCUT2D eigenvalue weighted by molar-refractivity contribution is 0.129. The fraction of sp³-hybridized carbons (Fsp3) is 0.368. The number of carbonyl (C=O) groups excluding carboxylic acids is 1. The largest absolute Gasteiger partial charge is 0.445 e. The molecule has 1 aromatic carbocycles. The van der Waals surface area contributed by atoms with Gasteiger partial charge in [0.2, 0.25) is 0 Å². The number of ether oxygens (including phenoxy) is 1. The van der Waals surface area contributed by atoms with Crippen molar-refractivity contribution in [2.75, 3.05) is 5.32 Å². The molecule has 2 N–H and O–H groups in total. The van der Waals surface area contributed by atoms with Gasteiger partial charge in [0, 0.05) is 30.9 Å². The highest BCUT2D eigenvalue weighted by Gasteiger charge is 2.30. The van der Waals surface area contributed by atoms with Crippen LogP contribution >= 0.6 is 0 Å². The lowest BCUT2D eigenvalue weighted by Gasteiger charge is -2.36. The Labute approximate surface area is 146 Å². The smallest absolute Gasteiger partial charge is 0.407 e. The summed E-state index contributed by atoms with van der Waals surface area (Å²) in [6.07, 6.45) is 3.13. The summed E-state index contributed by atoms with van der Waals surface area (Å²) in [5.41, 5.74) is 1.90. The van der Waals surface area contributed by atoms with Gasteiger partial charge in [-0.15, -0.1) is 0 Å². The van der Waals surface area contributed by atoms with E-state index in [0.717, 1.165) is 24.1 Å². The second-order valence-corrected chi connectivity index (χ2v) is 6.26. The van der Waals surface area contributed by atoms with Gasteiger partial charge in [0.15, 0.2) is 0 Å². The Bertz CT molecular complexity index is 767. The van der Waals surface area contributed by atoms with Crippen LogP contribution in [0.4, 0.5) is 10.5 Å². The number of aryl methyl sites for hydroxylation is 1. The summed E-state index contributed by atoms with van der Waals surface area (Å²) in [6, 6.07) is 13.4. The van der Waals surface area contributed by atoms with Gasteiger partial charge in [0.1, 0.15) is 6.61 Å². The molecule has 0 radical (unpaired) electrons. The number of carbonyl (C=O) groups is 1. The molecule has 1 aliphatic rings. The predicted octanol–water partition coefficient (Wildman–Crippen LogP) is 2.74. The Morgan fingerprint density at radius 3 is 2.64 bits per heavy atom. The first-order valence-corrected chi connectivity index (χ1v) is 8.58. The number of amides is 1. The highest BCUT2D eigenvalue weighted by atomic mass is 16.5. The molecule has 25 heavy (non-hydrogen) atoms. The van der Waals surface area contributed by atoms with Crippen LogP contribution in [-0.4, -0.2) is 22.7 Å². The summed E-state index contributed by atoms with van der Waals surface area (Å²) in [6.45, 7) is 2.87. The van der Waals surface area contributed by atoms with Crippen molar-refractivity contribution in [1.82, 2.24) is 9.88 Å². The van der Waals surface area contributed by atoms with Crippen LogP contribution in [-0.2, 0) is 17.9 Å². The first-order valence-electron chi connectivity index (χ1n) is 8.58. The van der Waals surface area contributed by atoms with Crippen molar-refractivity contribution in [3.63, 3.8) is 0 Å². The van der Waals surface area contributed by atoms with Crippen LogP contribution < -0.4 is 16.2 Å². The molecular weight excluding hydrogens is 318 g/mol. The Morgan fingerprint density at radius 1 is 1.16 bits per heavy atom. The molecule has 3 rings (SSSR count). The SMILES string of the molecule is CCn1cc(NC2CC(NC(=O)OCc3ccccc3)C2)ccc1=O. The standard InChI is InChI=1S/C19H23N3O3/c1-2-22-12-15(8-9-18(22)23)20-16-10-17(11-16)21-19(24)25-13-14-6-4-3-5-7-14/h3-9,12,16-17,20H,2,10-11,13H2,1H3,(H,21,24). The molecule has 2 aromatic rings. The Balaban J connectivity index is 1.39. The lowest BCUT2D eigenvalue weighted by atomic mass is 9.87. The minimum Gasteiger partial charge on any atom is -0.445 e. The van der Waals surface area contributed by atoms with E-state index in [1.807, 2.05) is 43.5 Å². The highest BCUT2D eigenvalue weighted by molar-refractivity contribution is 5.67. The quantitative estimate of drug-likeness (QED) is 0.847. The second-order valence-electron chi connectivity index (χ2n) is 6.26. The number of aromatic nitrogens is 1. The predicted molar refractivity (Wildman–Crippen MR) is 96.6 cm³/mol. The van der Waals surface area contributed by atoms with Gasteiger partial charge in [0.25, 0.3) is 5.56 Å². The summed E-state index contributed by atoms with van der Waals surface area (Å²) in [4.78, 5) is 23.4. The summed E-state index contributed by atoms with van der Waals surface area (Å²) in [5, 5.41) is 6.27. The molecule has 0 bridgehead atoms. The Morgan fingerprint density at radius 2 is 1.92 bits per heavy atom. The number of nitrogens with zero attached hydrogens (tertiary/aromatic N) is 1. The molecular formula is C19H23N3O3. The summed E-state index contributed by atoms with van der Waals surface area (Å²) in [7, 11) is 0. The van der Waals surface area contributed by atoms with Crippen LogP contribution in [0, 0.1) is 0 Å². The fourth-order valence-corrected chi connectivity index (χ4v) is 2.88. The zero-order chi connectivity index (χ0) is 17.6. The maximum Gasteiger partial charge on any atom is 0.407 e. The van der Waals surface area contributed by atoms with Crippen molar-refractivity contribution in [1.29, 1.82) is 0 Å². The molecule has 0 unspecified atom stereocenters. The Kier molecular flexibility index (Phi) is 5.38. The average molecular weight is 341 g/mol. The highest BCUT2D eigenvalue weighted by Crippen LogP contribution is 2.24. The van der Waals surface area contributed by atoms with E-state index in [-0.39, 0.29) is 24.3 Å². The van der Waals surface area contributed by atoms with E-state index in [9.17, 15) is 9.59 Å². The molecule has 6 heteroatoms. The maximum atomic E-state index is 11.8. The van der Waals surface area contributed by atoms with Crippen molar-refractivity contribution in [2.24, 2.45) is 0 Å². The van der Waals surface area contributed by atoms with E-state index in [1.54, 1.807) is 16.7 Å². The van der Waals surface area contributed by atoms with Crippen molar-refractivity contribution >= 4 is 11.8 Å². The van der Waals surface area contributed by atoms with E-state index in [0.29, 0.717) is 12.6 Å². The molecule has 1 amide bonds. The van der Waals surface area contributed by atoms with Gasteiger partial charge < -0.3 is 19.9 Å². The minimum atomic E-state index is -0.383. The van der Waals surface area contributed by atoms with E-state index < -0.39 is 0 Å². The topological polar surface area (TPSA) is 72.4 Å². The van der Waals surface area contributed by atoms with E-state index >= 15 is 0 Å². The number of nitrogens with one attached hydrogen (secondary N) is 2. The first-order chi connectivity index (χ1) is 12.1. The molecule has 0 saturated heterocycles. The lowest BCUT2D eigenvalue weighted by Crippen LogP contribution is -2.49. The van der Waals surface area contributed by atoms with Gasteiger partial charge in [-0.2, -0.15) is 0 Å². The summed E-state index contributed by atoms with van der Waals surface area (Å²) >= 11 is 0. The number of hydrogen-bond acceptors (Lipinski definition) is 4. The van der Waals surface area contributed by atoms with Crippen molar-refractivity contribution in [2.45, 2.75) is 45.0 Å². The van der Waals surface area contributed by atoms with Gasteiger partial charge >= 0.3 is 6.09 Å². The van der Waals surface area contributed by atoms with Gasteiger partial charge in [-0.25, -0.2) is 4.79 Å². The van der Waals surface area contributed by atoms with Crippen LogP contribution in [0.1, 0.15) is 25.3 Å². The molecule has 0 atom stereocenters.